The number of hydrogen-bond donors (Lipinski definition) is 5. The number of anilines is 1. The molecule has 2 aromatic heterocycles. The second-order valence-electron chi connectivity index (χ2n) is 19.0. The minimum absolute atomic E-state index is 0.0884. The molecule has 0 saturated carbocycles. The molecule has 5 rings (SSSR count). The van der Waals surface area contributed by atoms with Crippen molar-refractivity contribution in [2.24, 2.45) is 10.8 Å². The van der Waals surface area contributed by atoms with Crippen LogP contribution < -0.4 is 26.3 Å². The van der Waals surface area contributed by atoms with Crippen molar-refractivity contribution in [2.45, 2.75) is 83.7 Å². The predicted octanol–water partition coefficient (Wildman–Crippen LogP) is 5.28. The summed E-state index contributed by atoms with van der Waals surface area (Å²) in [6, 6.07) is 1.73. The van der Waals surface area contributed by atoms with Crippen molar-refractivity contribution in [3.05, 3.63) is 94.9 Å². The Morgan fingerprint density at radius 3 is 1.83 bits per heavy atom. The van der Waals surface area contributed by atoms with Crippen LogP contribution in [0.5, 0.6) is 0 Å². The average molecular weight is 1120 g/mol. The van der Waals surface area contributed by atoms with Crippen molar-refractivity contribution in [1.29, 1.82) is 0 Å². The van der Waals surface area contributed by atoms with Crippen LogP contribution in [0.15, 0.2) is 61.1 Å². The Balaban J connectivity index is 1.51. The van der Waals surface area contributed by atoms with E-state index in [1.807, 2.05) is 5.32 Å². The highest BCUT2D eigenvalue weighted by molar-refractivity contribution is 5.87. The van der Waals surface area contributed by atoms with E-state index in [1.54, 1.807) is 22.2 Å². The molecular formula is C49H55F10N11O8. The zero-order chi connectivity index (χ0) is 58.1. The molecule has 78 heavy (non-hydrogen) atoms. The van der Waals surface area contributed by atoms with Crippen LogP contribution in [-0.2, 0) is 36.7 Å². The third-order valence-corrected chi connectivity index (χ3v) is 12.8. The molecule has 1 aliphatic rings. The van der Waals surface area contributed by atoms with Crippen LogP contribution in [0, 0.1) is 34.3 Å². The SMILES string of the molecule is COC(=O)N[C@H](C(=O)N[C@@H](Cc1ccc(C#Cc2cnc(N3CCN(C)C(=O)C3)nc2)cc1)[C@@H](O)CN(CCc1c(F)cc(-c2ccn(C(F)F)n2)cc1F)NC(=O)[C@@H](NC(=O)OC)C(C)(C)C(F)(F)F)C(C)(C)C(F)(F)F. The summed E-state index contributed by atoms with van der Waals surface area (Å²) in [6.07, 6.45) is -12.9. The number of aliphatic hydroxyl groups is 1. The zero-order valence-electron chi connectivity index (χ0n) is 42.8. The zero-order valence-corrected chi connectivity index (χ0v) is 42.8. The van der Waals surface area contributed by atoms with Gasteiger partial charge in [-0.1, -0.05) is 24.0 Å². The van der Waals surface area contributed by atoms with Crippen LogP contribution in [0.3, 0.4) is 0 Å². The lowest BCUT2D eigenvalue weighted by atomic mass is 9.82. The summed E-state index contributed by atoms with van der Waals surface area (Å²) < 4.78 is 154. The van der Waals surface area contributed by atoms with Crippen LogP contribution in [0.4, 0.5) is 59.4 Å². The third kappa shape index (κ3) is 15.3. The summed E-state index contributed by atoms with van der Waals surface area (Å²) in [5.74, 6) is 0.263. The van der Waals surface area contributed by atoms with Gasteiger partial charge in [-0.25, -0.2) is 38.0 Å². The van der Waals surface area contributed by atoms with Gasteiger partial charge in [-0.3, -0.25) is 19.8 Å². The fourth-order valence-corrected chi connectivity index (χ4v) is 7.58. The first-order valence-electron chi connectivity index (χ1n) is 23.5. The molecule has 0 aliphatic carbocycles. The number of halogens is 10. The van der Waals surface area contributed by atoms with Crippen LogP contribution in [-0.4, -0.2) is 155 Å². The maximum Gasteiger partial charge on any atom is 0.407 e. The Hall–Kier alpha value is -7.74. The van der Waals surface area contributed by atoms with E-state index in [-0.39, 0.29) is 34.0 Å². The third-order valence-electron chi connectivity index (χ3n) is 12.8. The number of piperazine rings is 1. The number of rotatable bonds is 19. The number of likely N-dealkylation sites (N-methyl/N-ethyl adjacent to an activating group) is 1. The molecule has 1 aliphatic heterocycles. The number of nitrogens with one attached hydrogen (secondary N) is 4. The molecule has 0 unspecified atom stereocenters. The first kappa shape index (κ1) is 61.1. The van der Waals surface area contributed by atoms with E-state index in [2.05, 4.69) is 47.1 Å². The summed E-state index contributed by atoms with van der Waals surface area (Å²) in [5, 5.41) is 22.2. The molecule has 0 radical (unpaired) electrons. The van der Waals surface area contributed by atoms with Gasteiger partial charge in [0.2, 0.25) is 17.8 Å². The van der Waals surface area contributed by atoms with Gasteiger partial charge in [-0.2, -0.15) is 40.2 Å². The topological polar surface area (TPSA) is 225 Å². The van der Waals surface area contributed by atoms with Crippen molar-refractivity contribution in [1.82, 2.24) is 51.0 Å². The number of carbonyl (C=O) groups excluding carboxylic acids is 5. The number of methoxy groups -OCH3 is 2. The maximum absolute atomic E-state index is 15.7. The first-order valence-corrected chi connectivity index (χ1v) is 23.5. The Morgan fingerprint density at radius 2 is 1.33 bits per heavy atom. The second-order valence-corrected chi connectivity index (χ2v) is 19.0. The summed E-state index contributed by atoms with van der Waals surface area (Å²) in [4.78, 5) is 76.7. The highest BCUT2D eigenvalue weighted by Gasteiger charge is 2.57. The van der Waals surface area contributed by atoms with Crippen LogP contribution in [0.1, 0.15) is 56.5 Å². The Bertz CT molecular complexity index is 2820. The summed E-state index contributed by atoms with van der Waals surface area (Å²) in [5.41, 5.74) is -4.23. The van der Waals surface area contributed by atoms with Gasteiger partial charge in [0.25, 0.3) is 5.91 Å². The molecule has 2 aromatic carbocycles. The summed E-state index contributed by atoms with van der Waals surface area (Å²) in [6.45, 7) is -1.51. The van der Waals surface area contributed by atoms with Crippen molar-refractivity contribution < 1.29 is 82.5 Å². The van der Waals surface area contributed by atoms with E-state index in [0.29, 0.717) is 62.9 Å². The Morgan fingerprint density at radius 1 is 0.795 bits per heavy atom. The number of hydrazine groups is 1. The van der Waals surface area contributed by atoms with Crippen LogP contribution in [0.25, 0.3) is 11.3 Å². The number of alkyl halides is 8. The molecule has 3 heterocycles. The fourth-order valence-electron chi connectivity index (χ4n) is 7.58. The number of aromatic nitrogens is 4. The minimum Gasteiger partial charge on any atom is -0.453 e. The fraction of sp³-hybridized carbons (Fsp3) is 0.469. The van der Waals surface area contributed by atoms with E-state index in [1.165, 1.54) is 36.7 Å². The molecule has 0 bridgehead atoms. The number of nitrogens with zero attached hydrogens (tertiary/aromatic N) is 7. The molecule has 29 heteroatoms. The molecule has 424 valence electrons. The Labute approximate surface area is 440 Å². The van der Waals surface area contributed by atoms with Crippen LogP contribution in [0.2, 0.25) is 0 Å². The van der Waals surface area contributed by atoms with E-state index in [9.17, 15) is 64.2 Å². The molecular weight excluding hydrogens is 1060 g/mol. The van der Waals surface area contributed by atoms with Gasteiger partial charge in [0, 0.05) is 68.5 Å². The van der Waals surface area contributed by atoms with Crippen molar-refractivity contribution in [2.75, 3.05) is 58.9 Å². The molecule has 19 nitrogen and oxygen atoms in total. The van der Waals surface area contributed by atoms with Crippen molar-refractivity contribution in [3.8, 4) is 23.1 Å². The molecule has 1 saturated heterocycles. The average Bonchev–Trinajstić information content (AvgIpc) is 3.88. The molecule has 1 fully saturated rings. The molecule has 4 atom stereocenters. The Kier molecular flexibility index (Phi) is 19.7. The van der Waals surface area contributed by atoms with Crippen molar-refractivity contribution >= 4 is 35.9 Å². The highest BCUT2D eigenvalue weighted by Crippen LogP contribution is 2.42. The smallest absolute Gasteiger partial charge is 0.407 e. The number of aliphatic hydroxyl groups excluding tert-OH is 1. The largest absolute Gasteiger partial charge is 0.453 e. The predicted molar refractivity (Wildman–Crippen MR) is 257 cm³/mol. The van der Waals surface area contributed by atoms with Gasteiger partial charge < -0.3 is 40.3 Å². The second kappa shape index (κ2) is 25.2. The van der Waals surface area contributed by atoms with E-state index in [0.717, 1.165) is 38.6 Å². The monoisotopic (exact) mass is 1120 g/mol. The van der Waals surface area contributed by atoms with Gasteiger partial charge in [0.05, 0.1) is 55.0 Å². The molecule has 4 aromatic rings. The van der Waals surface area contributed by atoms with Gasteiger partial charge in [0.1, 0.15) is 23.7 Å². The van der Waals surface area contributed by atoms with Crippen LogP contribution >= 0.6 is 0 Å². The van der Waals surface area contributed by atoms with Crippen molar-refractivity contribution in [3.63, 3.8) is 0 Å². The number of benzene rings is 2. The van der Waals surface area contributed by atoms with Gasteiger partial charge in [-0.05, 0) is 76.4 Å². The standard InChI is InChI=1S/C49H55F10N11O8/c1-46(2,48(54,55)56)38(63-44(75)77-6)40(73)62-35(20-28-11-8-27(9-12-28)10-13-29-23-60-43(61-24-29)68-19-18-67(5)37(72)26-68)36(71)25-69(66-41(74)39(64-45(76)78-7)47(3,4)49(57,58)59)16-14-31-32(50)21-30(22-33(31)51)34-15-17-70(65-34)42(52)53/h8-9,11-12,15,17,21-24,35-36,38-39,42,71H,14,16,18-20,25-26H2,1-7H3,(H,62,73)(H,63,75)(H,64,76)(H,66,74)/t35-,36-,38+,39+/m0/s1. The minimum atomic E-state index is -5.21. The summed E-state index contributed by atoms with van der Waals surface area (Å²) in [7, 11) is 3.29. The number of hydrogen-bond acceptors (Lipinski definition) is 13. The normalized spacial score (nSPS) is 14.9. The number of alkyl carbamates (subject to hydrolysis) is 2. The number of carbonyl (C=O) groups is 5. The number of ether oxygens (including phenoxy) is 2. The lowest BCUT2D eigenvalue weighted by molar-refractivity contribution is -0.221. The quantitative estimate of drug-likeness (QED) is 0.0459. The van der Waals surface area contributed by atoms with Gasteiger partial charge in [0.15, 0.2) is 0 Å². The maximum atomic E-state index is 15.7. The lowest BCUT2D eigenvalue weighted by Crippen LogP contribution is -2.64. The number of amides is 5. The molecule has 5 amide bonds. The first-order chi connectivity index (χ1) is 36.4. The highest BCUT2D eigenvalue weighted by atomic mass is 19.4. The van der Waals surface area contributed by atoms with E-state index < -0.39 is 121 Å². The van der Waals surface area contributed by atoms with Gasteiger partial charge >= 0.3 is 31.1 Å². The molecule has 0 spiro atoms. The lowest BCUT2D eigenvalue weighted by Gasteiger charge is -2.38. The van der Waals surface area contributed by atoms with E-state index in [4.69, 9.17) is 0 Å². The molecule has 5 N–H and O–H groups in total. The summed E-state index contributed by atoms with van der Waals surface area (Å²) >= 11 is 0. The van der Waals surface area contributed by atoms with E-state index >= 15 is 8.78 Å². The van der Waals surface area contributed by atoms with Gasteiger partial charge in [-0.15, -0.1) is 0 Å².